The molecule has 0 aliphatic rings. The van der Waals surface area contributed by atoms with Crippen LogP contribution in [0, 0.1) is 0 Å². The minimum Gasteiger partial charge on any atom is -0.350 e. The molecular formula is C15H20N2O. The number of ketones is 1. The number of aryl methyl sites for hydroxylation is 1. The van der Waals surface area contributed by atoms with Crippen molar-refractivity contribution in [3.05, 3.63) is 36.0 Å². The molecular weight excluding hydrogens is 224 g/mol. The van der Waals surface area contributed by atoms with Crippen LogP contribution < -0.4 is 5.32 Å². The second kappa shape index (κ2) is 5.83. The summed E-state index contributed by atoms with van der Waals surface area (Å²) in [5.41, 5.74) is 2.64. The monoisotopic (exact) mass is 244 g/mol. The lowest BCUT2D eigenvalue weighted by Crippen LogP contribution is -2.20. The number of carbonyl (C=O) groups excluding carboxylic acids is 1. The van der Waals surface area contributed by atoms with Crippen LogP contribution in [0.4, 0.5) is 0 Å². The van der Waals surface area contributed by atoms with Crippen LogP contribution >= 0.6 is 0 Å². The smallest absolute Gasteiger partial charge is 0.131 e. The van der Waals surface area contributed by atoms with Gasteiger partial charge in [0.25, 0.3) is 0 Å². The van der Waals surface area contributed by atoms with Crippen LogP contribution in [0.15, 0.2) is 30.5 Å². The highest BCUT2D eigenvalue weighted by atomic mass is 16.1. The molecule has 0 spiro atoms. The van der Waals surface area contributed by atoms with Crippen molar-refractivity contribution in [1.82, 2.24) is 9.88 Å². The highest BCUT2D eigenvalue weighted by Gasteiger charge is 2.04. The Morgan fingerprint density at radius 1 is 1.28 bits per heavy atom. The number of nitrogens with one attached hydrogen (secondary N) is 1. The van der Waals surface area contributed by atoms with E-state index in [1.165, 1.54) is 16.5 Å². The van der Waals surface area contributed by atoms with Gasteiger partial charge in [-0.15, -0.1) is 0 Å². The fourth-order valence-electron chi connectivity index (χ4n) is 2.24. The summed E-state index contributed by atoms with van der Waals surface area (Å²) in [6, 6.07) is 8.45. The molecule has 96 valence electrons. The van der Waals surface area contributed by atoms with Gasteiger partial charge in [0.15, 0.2) is 0 Å². The average Bonchev–Trinajstić information content (AvgIpc) is 2.66. The van der Waals surface area contributed by atoms with Crippen LogP contribution in [0.2, 0.25) is 0 Å². The largest absolute Gasteiger partial charge is 0.350 e. The van der Waals surface area contributed by atoms with Crippen LogP contribution in [0.3, 0.4) is 0 Å². The number of para-hydroxylation sites is 1. The van der Waals surface area contributed by atoms with Crippen molar-refractivity contribution in [3.63, 3.8) is 0 Å². The molecule has 0 amide bonds. The Bertz CT molecular complexity index is 542. The normalized spacial score (nSPS) is 11.0. The van der Waals surface area contributed by atoms with Gasteiger partial charge in [0.2, 0.25) is 0 Å². The van der Waals surface area contributed by atoms with Gasteiger partial charge in [0.1, 0.15) is 5.78 Å². The summed E-state index contributed by atoms with van der Waals surface area (Å²) in [6.07, 6.45) is 3.81. The molecule has 1 N–H and O–H groups in total. The lowest BCUT2D eigenvalue weighted by molar-refractivity contribution is -0.116. The Kier molecular flexibility index (Phi) is 4.15. The Labute approximate surface area is 108 Å². The number of rotatable bonds is 6. The SMILES string of the molecule is CC(=O)CCNCCc1cn(C)c2ccccc12. The molecule has 1 heterocycles. The first-order valence-corrected chi connectivity index (χ1v) is 6.41. The number of hydrogen-bond donors (Lipinski definition) is 1. The molecule has 18 heavy (non-hydrogen) atoms. The van der Waals surface area contributed by atoms with Crippen molar-refractivity contribution >= 4 is 16.7 Å². The Morgan fingerprint density at radius 3 is 2.83 bits per heavy atom. The molecule has 1 aromatic heterocycles. The zero-order valence-corrected chi connectivity index (χ0v) is 11.1. The summed E-state index contributed by atoms with van der Waals surface area (Å²) in [6.45, 7) is 3.33. The zero-order valence-electron chi connectivity index (χ0n) is 11.1. The number of benzene rings is 1. The van der Waals surface area contributed by atoms with E-state index in [2.05, 4.69) is 47.4 Å². The number of fused-ring (bicyclic) bond motifs is 1. The number of hydrogen-bond acceptors (Lipinski definition) is 2. The molecule has 1 aromatic carbocycles. The average molecular weight is 244 g/mol. The first-order chi connectivity index (χ1) is 8.68. The standard InChI is InChI=1S/C15H20N2O/c1-12(18)7-9-16-10-8-13-11-17(2)15-6-4-3-5-14(13)15/h3-6,11,16H,7-10H2,1-2H3. The van der Waals surface area contributed by atoms with Crippen molar-refractivity contribution < 1.29 is 4.79 Å². The topological polar surface area (TPSA) is 34.0 Å². The summed E-state index contributed by atoms with van der Waals surface area (Å²) in [4.78, 5) is 10.8. The van der Waals surface area contributed by atoms with E-state index in [0.29, 0.717) is 6.42 Å². The predicted molar refractivity (Wildman–Crippen MR) is 74.8 cm³/mol. The molecule has 3 heteroatoms. The van der Waals surface area contributed by atoms with Crippen molar-refractivity contribution in [2.24, 2.45) is 7.05 Å². The van der Waals surface area contributed by atoms with Crippen LogP contribution in [0.25, 0.3) is 10.9 Å². The maximum absolute atomic E-state index is 10.8. The minimum absolute atomic E-state index is 0.243. The van der Waals surface area contributed by atoms with Crippen LogP contribution in [0.1, 0.15) is 18.9 Å². The quantitative estimate of drug-likeness (QED) is 0.791. The van der Waals surface area contributed by atoms with Crippen molar-refractivity contribution in [3.8, 4) is 0 Å². The van der Waals surface area contributed by atoms with Crippen LogP contribution in [-0.2, 0) is 18.3 Å². The Balaban J connectivity index is 1.94. The lowest BCUT2D eigenvalue weighted by Gasteiger charge is -2.02. The molecule has 0 saturated carbocycles. The van der Waals surface area contributed by atoms with Gasteiger partial charge in [-0.1, -0.05) is 18.2 Å². The molecule has 0 unspecified atom stereocenters. The molecule has 0 radical (unpaired) electrons. The van der Waals surface area contributed by atoms with Gasteiger partial charge in [-0.05, 0) is 31.5 Å². The van der Waals surface area contributed by atoms with Gasteiger partial charge < -0.3 is 9.88 Å². The molecule has 2 aromatic rings. The molecule has 0 aliphatic heterocycles. The summed E-state index contributed by atoms with van der Waals surface area (Å²) in [5, 5.41) is 4.64. The maximum atomic E-state index is 10.8. The van der Waals surface area contributed by atoms with E-state index in [0.717, 1.165) is 19.5 Å². The summed E-state index contributed by atoms with van der Waals surface area (Å²) in [5.74, 6) is 0.243. The number of aromatic nitrogens is 1. The van der Waals surface area contributed by atoms with E-state index in [1.54, 1.807) is 6.92 Å². The van der Waals surface area contributed by atoms with Gasteiger partial charge >= 0.3 is 0 Å². The fourth-order valence-corrected chi connectivity index (χ4v) is 2.24. The third kappa shape index (κ3) is 2.99. The van der Waals surface area contributed by atoms with Gasteiger partial charge in [-0.2, -0.15) is 0 Å². The molecule has 0 atom stereocenters. The first kappa shape index (κ1) is 12.8. The zero-order chi connectivity index (χ0) is 13.0. The number of nitrogens with zero attached hydrogens (tertiary/aromatic N) is 1. The molecule has 0 aliphatic carbocycles. The number of carbonyl (C=O) groups is 1. The van der Waals surface area contributed by atoms with Crippen LogP contribution in [-0.4, -0.2) is 23.4 Å². The summed E-state index contributed by atoms with van der Waals surface area (Å²) >= 11 is 0. The van der Waals surface area contributed by atoms with E-state index in [-0.39, 0.29) is 5.78 Å². The second-order valence-corrected chi connectivity index (χ2v) is 4.73. The van der Waals surface area contributed by atoms with Gasteiger partial charge in [-0.3, -0.25) is 4.79 Å². The highest BCUT2D eigenvalue weighted by Crippen LogP contribution is 2.20. The maximum Gasteiger partial charge on any atom is 0.131 e. The van der Waals surface area contributed by atoms with E-state index in [4.69, 9.17) is 0 Å². The van der Waals surface area contributed by atoms with E-state index in [1.807, 2.05) is 0 Å². The van der Waals surface area contributed by atoms with Crippen molar-refractivity contribution in [1.29, 1.82) is 0 Å². The van der Waals surface area contributed by atoms with Gasteiger partial charge in [-0.25, -0.2) is 0 Å². The fraction of sp³-hybridized carbons (Fsp3) is 0.400. The highest BCUT2D eigenvalue weighted by molar-refractivity contribution is 5.83. The Morgan fingerprint density at radius 2 is 2.06 bits per heavy atom. The predicted octanol–water partition coefficient (Wildman–Crippen LogP) is 2.29. The molecule has 0 saturated heterocycles. The van der Waals surface area contributed by atoms with Crippen LogP contribution in [0.5, 0.6) is 0 Å². The molecule has 2 rings (SSSR count). The minimum atomic E-state index is 0.243. The summed E-state index contributed by atoms with van der Waals surface area (Å²) < 4.78 is 2.17. The summed E-state index contributed by atoms with van der Waals surface area (Å²) in [7, 11) is 2.08. The van der Waals surface area contributed by atoms with E-state index < -0.39 is 0 Å². The molecule has 3 nitrogen and oxygen atoms in total. The Hall–Kier alpha value is -1.61. The van der Waals surface area contributed by atoms with Gasteiger partial charge in [0.05, 0.1) is 0 Å². The second-order valence-electron chi connectivity index (χ2n) is 4.73. The van der Waals surface area contributed by atoms with Crippen molar-refractivity contribution in [2.75, 3.05) is 13.1 Å². The van der Waals surface area contributed by atoms with Crippen molar-refractivity contribution in [2.45, 2.75) is 19.8 Å². The molecule has 0 bridgehead atoms. The third-order valence-electron chi connectivity index (χ3n) is 3.20. The molecule has 0 fully saturated rings. The lowest BCUT2D eigenvalue weighted by atomic mass is 10.1. The first-order valence-electron chi connectivity index (χ1n) is 6.41. The van der Waals surface area contributed by atoms with E-state index >= 15 is 0 Å². The number of Topliss-reactive ketones (excluding diaryl/α,β-unsaturated/α-hetero) is 1. The van der Waals surface area contributed by atoms with E-state index in [9.17, 15) is 4.79 Å². The van der Waals surface area contributed by atoms with Gasteiger partial charge in [0, 0.05) is 37.1 Å². The third-order valence-corrected chi connectivity index (χ3v) is 3.20.